The molecule has 3 rings (SSSR count). The van der Waals surface area contributed by atoms with E-state index in [4.69, 9.17) is 5.73 Å². The Hall–Kier alpha value is -2.55. The number of fused-ring (bicyclic) bond motifs is 1. The van der Waals surface area contributed by atoms with E-state index >= 15 is 0 Å². The lowest BCUT2D eigenvalue weighted by Crippen LogP contribution is -2.10. The van der Waals surface area contributed by atoms with Crippen molar-refractivity contribution in [2.75, 3.05) is 17.7 Å². The van der Waals surface area contributed by atoms with E-state index in [0.29, 0.717) is 0 Å². The van der Waals surface area contributed by atoms with Gasteiger partial charge in [-0.3, -0.25) is 4.98 Å². The van der Waals surface area contributed by atoms with Crippen molar-refractivity contribution >= 4 is 27.8 Å². The Bertz CT molecular complexity index is 700. The molecule has 0 saturated heterocycles. The fraction of sp³-hybridized carbons (Fsp3) is 0.211. The Balaban J connectivity index is 0.000000775. The lowest BCUT2D eigenvalue weighted by atomic mass is 10.1. The first-order valence-electron chi connectivity index (χ1n) is 7.18. The number of aromatic nitrogens is 1. The predicted octanol–water partition coefficient (Wildman–Crippen LogP) is 5.25. The minimum absolute atomic E-state index is 0. The minimum Gasteiger partial charge on any atom is -0.399 e. The van der Waals surface area contributed by atoms with E-state index in [1.165, 1.54) is 5.39 Å². The molecule has 1 heterocycles. The van der Waals surface area contributed by atoms with Gasteiger partial charge in [-0.25, -0.2) is 0 Å². The van der Waals surface area contributed by atoms with Crippen LogP contribution in [-0.2, 0) is 0 Å². The van der Waals surface area contributed by atoms with E-state index in [2.05, 4.69) is 22.0 Å². The number of benzene rings is 2. The molecule has 1 aromatic heterocycles. The van der Waals surface area contributed by atoms with Gasteiger partial charge in [0.2, 0.25) is 0 Å². The van der Waals surface area contributed by atoms with Gasteiger partial charge in [0.15, 0.2) is 0 Å². The second-order valence-corrected chi connectivity index (χ2v) is 4.53. The zero-order chi connectivity index (χ0) is 15.2. The molecule has 3 heteroatoms. The zero-order valence-corrected chi connectivity index (χ0v) is 12.7. The van der Waals surface area contributed by atoms with Gasteiger partial charge in [-0.15, -0.1) is 0 Å². The third-order valence-electron chi connectivity index (χ3n) is 3.29. The molecule has 2 aromatic carbocycles. The van der Waals surface area contributed by atoms with Crippen LogP contribution in [0.1, 0.15) is 21.3 Å². The van der Waals surface area contributed by atoms with E-state index in [1.54, 1.807) is 0 Å². The van der Waals surface area contributed by atoms with Crippen LogP contribution < -0.4 is 10.6 Å². The first-order chi connectivity index (χ1) is 10.3. The molecule has 2 N–H and O–H groups in total. The first kappa shape index (κ1) is 17.5. The Kier molecular flexibility index (Phi) is 6.39. The van der Waals surface area contributed by atoms with E-state index in [9.17, 15) is 0 Å². The Morgan fingerprint density at radius 1 is 0.909 bits per heavy atom. The normalized spacial score (nSPS) is 9.41. The second kappa shape index (κ2) is 8.03. The smallest absolute Gasteiger partial charge is 0.0674 e. The highest BCUT2D eigenvalue weighted by atomic mass is 15.1. The van der Waals surface area contributed by atoms with Gasteiger partial charge >= 0.3 is 0 Å². The molecule has 0 aliphatic heterocycles. The maximum Gasteiger partial charge on any atom is 0.0674 e. The molecule has 3 nitrogen and oxygen atoms in total. The molecule has 116 valence electrons. The van der Waals surface area contributed by atoms with Crippen LogP contribution in [0.15, 0.2) is 60.9 Å². The molecule has 0 spiro atoms. The van der Waals surface area contributed by atoms with Gasteiger partial charge in [0, 0.05) is 35.4 Å². The zero-order valence-electron chi connectivity index (χ0n) is 12.7. The molecular formula is C19H25N3. The van der Waals surface area contributed by atoms with Crippen LogP contribution in [0.25, 0.3) is 10.8 Å². The summed E-state index contributed by atoms with van der Waals surface area (Å²) in [5.74, 6) is 0. The van der Waals surface area contributed by atoms with Crippen LogP contribution in [0.3, 0.4) is 0 Å². The lowest BCUT2D eigenvalue weighted by Gasteiger charge is -2.21. The maximum absolute atomic E-state index is 5.73. The van der Waals surface area contributed by atoms with Gasteiger partial charge in [0.05, 0.1) is 11.9 Å². The largest absolute Gasteiger partial charge is 0.399 e. The molecule has 0 unspecified atom stereocenters. The Morgan fingerprint density at radius 2 is 1.55 bits per heavy atom. The molecule has 0 atom stereocenters. The number of nitrogens with zero attached hydrogens (tertiary/aromatic N) is 2. The standard InChI is InChI=1S/C16H15N3.C2H6.CH4/c1-19(14-8-6-13(17)7-9-14)16-11-18-10-12-4-2-3-5-15(12)16;1-2;/h2-11H,17H2,1H3;1-2H3;1H4. The number of nitrogen functional groups attached to an aromatic ring is 1. The summed E-state index contributed by atoms with van der Waals surface area (Å²) < 4.78 is 0. The number of pyridine rings is 1. The topological polar surface area (TPSA) is 42.1 Å². The van der Waals surface area contributed by atoms with Crippen LogP contribution >= 0.6 is 0 Å². The number of anilines is 3. The summed E-state index contributed by atoms with van der Waals surface area (Å²) in [6.45, 7) is 4.00. The molecule has 0 saturated carbocycles. The number of hydrogen-bond acceptors (Lipinski definition) is 3. The Labute approximate surface area is 133 Å². The summed E-state index contributed by atoms with van der Waals surface area (Å²) in [7, 11) is 2.04. The summed E-state index contributed by atoms with van der Waals surface area (Å²) in [4.78, 5) is 6.43. The van der Waals surface area contributed by atoms with Crippen molar-refractivity contribution in [3.63, 3.8) is 0 Å². The van der Waals surface area contributed by atoms with Crippen molar-refractivity contribution in [1.29, 1.82) is 0 Å². The van der Waals surface area contributed by atoms with Crippen molar-refractivity contribution in [3.05, 3.63) is 60.9 Å². The van der Waals surface area contributed by atoms with Gasteiger partial charge < -0.3 is 10.6 Å². The van der Waals surface area contributed by atoms with E-state index < -0.39 is 0 Å². The summed E-state index contributed by atoms with van der Waals surface area (Å²) in [6.07, 6.45) is 3.77. The van der Waals surface area contributed by atoms with E-state index in [1.807, 2.05) is 69.7 Å². The van der Waals surface area contributed by atoms with Crippen molar-refractivity contribution in [2.45, 2.75) is 21.3 Å². The van der Waals surface area contributed by atoms with Crippen LogP contribution in [0.5, 0.6) is 0 Å². The molecule has 22 heavy (non-hydrogen) atoms. The Morgan fingerprint density at radius 3 is 2.23 bits per heavy atom. The molecule has 0 bridgehead atoms. The summed E-state index contributed by atoms with van der Waals surface area (Å²) in [5.41, 5.74) is 8.67. The van der Waals surface area contributed by atoms with Gasteiger partial charge in [-0.1, -0.05) is 45.5 Å². The van der Waals surface area contributed by atoms with Crippen molar-refractivity contribution in [3.8, 4) is 0 Å². The third-order valence-corrected chi connectivity index (χ3v) is 3.29. The molecular weight excluding hydrogens is 270 g/mol. The second-order valence-electron chi connectivity index (χ2n) is 4.53. The predicted molar refractivity (Wildman–Crippen MR) is 98.7 cm³/mol. The highest BCUT2D eigenvalue weighted by Gasteiger charge is 2.08. The highest BCUT2D eigenvalue weighted by Crippen LogP contribution is 2.30. The van der Waals surface area contributed by atoms with Crippen molar-refractivity contribution < 1.29 is 0 Å². The van der Waals surface area contributed by atoms with E-state index in [0.717, 1.165) is 22.4 Å². The van der Waals surface area contributed by atoms with Crippen LogP contribution in [0.4, 0.5) is 17.1 Å². The number of rotatable bonds is 2. The van der Waals surface area contributed by atoms with Crippen molar-refractivity contribution in [2.24, 2.45) is 0 Å². The molecule has 3 aromatic rings. The third kappa shape index (κ3) is 3.55. The van der Waals surface area contributed by atoms with Crippen LogP contribution in [0.2, 0.25) is 0 Å². The van der Waals surface area contributed by atoms with Gasteiger partial charge in [0.1, 0.15) is 0 Å². The molecule has 0 aliphatic carbocycles. The van der Waals surface area contributed by atoms with Gasteiger partial charge in [-0.2, -0.15) is 0 Å². The molecule has 0 radical (unpaired) electrons. The van der Waals surface area contributed by atoms with E-state index in [-0.39, 0.29) is 7.43 Å². The van der Waals surface area contributed by atoms with Crippen molar-refractivity contribution in [1.82, 2.24) is 4.98 Å². The fourth-order valence-corrected chi connectivity index (χ4v) is 2.20. The highest BCUT2D eigenvalue weighted by molar-refractivity contribution is 5.95. The average Bonchev–Trinajstić information content (AvgIpc) is 2.56. The van der Waals surface area contributed by atoms with Crippen LogP contribution in [0, 0.1) is 0 Å². The quantitative estimate of drug-likeness (QED) is 0.657. The summed E-state index contributed by atoms with van der Waals surface area (Å²) >= 11 is 0. The minimum atomic E-state index is 0. The summed E-state index contributed by atoms with van der Waals surface area (Å²) in [5, 5.41) is 2.33. The number of nitrogens with two attached hydrogens (primary N) is 1. The molecule has 0 aliphatic rings. The lowest BCUT2D eigenvalue weighted by molar-refractivity contribution is 1.19. The first-order valence-corrected chi connectivity index (χ1v) is 7.18. The maximum atomic E-state index is 5.73. The molecule has 0 amide bonds. The monoisotopic (exact) mass is 295 g/mol. The average molecular weight is 295 g/mol. The number of hydrogen-bond donors (Lipinski definition) is 1. The SMILES string of the molecule is C.CC.CN(c1ccc(N)cc1)c1cncc2ccccc12. The molecule has 0 fully saturated rings. The summed E-state index contributed by atoms with van der Waals surface area (Å²) in [6, 6.07) is 16.1. The fourth-order valence-electron chi connectivity index (χ4n) is 2.20. The van der Waals surface area contributed by atoms with Gasteiger partial charge in [0.25, 0.3) is 0 Å². The van der Waals surface area contributed by atoms with Gasteiger partial charge in [-0.05, 0) is 24.3 Å². The van der Waals surface area contributed by atoms with Crippen LogP contribution in [-0.4, -0.2) is 12.0 Å².